The number of oxazole rings is 1. The zero-order chi connectivity index (χ0) is 17.8. The van der Waals surface area contributed by atoms with Gasteiger partial charge in [-0.3, -0.25) is 9.48 Å². The summed E-state index contributed by atoms with van der Waals surface area (Å²) in [6.07, 6.45) is 7.44. The van der Waals surface area contributed by atoms with E-state index in [-0.39, 0.29) is 17.6 Å². The first-order valence-corrected chi connectivity index (χ1v) is 9.06. The Kier molecular flexibility index (Phi) is 5.53. The number of rotatable bonds is 6. The molecule has 1 aliphatic heterocycles. The van der Waals surface area contributed by atoms with Crippen LogP contribution in [0.4, 0.5) is 5.69 Å². The lowest BCUT2D eigenvalue weighted by molar-refractivity contribution is 0.0993. The van der Waals surface area contributed by atoms with E-state index in [0.717, 1.165) is 13.1 Å². The van der Waals surface area contributed by atoms with Crippen LogP contribution < -0.4 is 5.32 Å². The molecule has 2 aromatic rings. The molecule has 0 bridgehead atoms. The zero-order valence-electron chi connectivity index (χ0n) is 15.3. The van der Waals surface area contributed by atoms with Crippen molar-refractivity contribution in [3.63, 3.8) is 0 Å². The predicted molar refractivity (Wildman–Crippen MR) is 95.8 cm³/mol. The Morgan fingerprint density at radius 2 is 2.04 bits per heavy atom. The monoisotopic (exact) mass is 345 g/mol. The Hall–Kier alpha value is -2.15. The van der Waals surface area contributed by atoms with Crippen molar-refractivity contribution < 1.29 is 9.21 Å². The molecule has 0 aromatic carbocycles. The van der Waals surface area contributed by atoms with Gasteiger partial charge in [-0.05, 0) is 32.9 Å². The molecule has 0 radical (unpaired) electrons. The molecule has 0 atom stereocenters. The van der Waals surface area contributed by atoms with E-state index < -0.39 is 0 Å². The summed E-state index contributed by atoms with van der Waals surface area (Å²) >= 11 is 0. The van der Waals surface area contributed by atoms with Crippen LogP contribution in [0.15, 0.2) is 16.8 Å². The first kappa shape index (κ1) is 17.7. The van der Waals surface area contributed by atoms with Gasteiger partial charge < -0.3 is 14.6 Å². The maximum absolute atomic E-state index is 12.4. The van der Waals surface area contributed by atoms with Crippen molar-refractivity contribution in [2.45, 2.75) is 52.5 Å². The summed E-state index contributed by atoms with van der Waals surface area (Å²) in [5, 5.41) is 7.17. The second kappa shape index (κ2) is 7.82. The Labute approximate surface area is 148 Å². The number of aromatic nitrogens is 3. The predicted octanol–water partition coefficient (Wildman–Crippen LogP) is 3.04. The van der Waals surface area contributed by atoms with Crippen molar-refractivity contribution in [2.75, 3.05) is 25.0 Å². The summed E-state index contributed by atoms with van der Waals surface area (Å²) in [6.45, 7) is 9.93. The third kappa shape index (κ3) is 4.48. The van der Waals surface area contributed by atoms with Gasteiger partial charge in [0, 0.05) is 18.7 Å². The van der Waals surface area contributed by atoms with Gasteiger partial charge in [-0.2, -0.15) is 5.10 Å². The molecule has 7 nitrogen and oxygen atoms in total. The molecule has 136 valence electrons. The minimum absolute atomic E-state index is 0.151. The van der Waals surface area contributed by atoms with Crippen LogP contribution in [0.3, 0.4) is 0 Å². The largest absolute Gasteiger partial charge is 0.435 e. The average Bonchev–Trinajstić information content (AvgIpc) is 3.20. The van der Waals surface area contributed by atoms with Gasteiger partial charge in [0.1, 0.15) is 0 Å². The minimum atomic E-state index is -0.285. The van der Waals surface area contributed by atoms with Gasteiger partial charge in [-0.1, -0.05) is 20.3 Å². The van der Waals surface area contributed by atoms with Gasteiger partial charge in [-0.25, -0.2) is 4.98 Å². The van der Waals surface area contributed by atoms with E-state index in [9.17, 15) is 4.79 Å². The second-order valence-electron chi connectivity index (χ2n) is 6.97. The van der Waals surface area contributed by atoms with Crippen LogP contribution in [-0.2, 0) is 6.54 Å². The highest BCUT2D eigenvalue weighted by Gasteiger charge is 2.19. The number of hydrogen-bond acceptors (Lipinski definition) is 5. The molecule has 0 saturated carbocycles. The summed E-state index contributed by atoms with van der Waals surface area (Å²) in [5.74, 6) is 0.718. The number of piperidine rings is 1. The second-order valence-corrected chi connectivity index (χ2v) is 6.97. The van der Waals surface area contributed by atoms with Crippen LogP contribution in [-0.4, -0.2) is 45.2 Å². The molecule has 2 aromatic heterocycles. The van der Waals surface area contributed by atoms with Gasteiger partial charge in [-0.15, -0.1) is 0 Å². The van der Waals surface area contributed by atoms with Crippen LogP contribution in [0.2, 0.25) is 0 Å². The quantitative estimate of drug-likeness (QED) is 0.871. The number of carbonyl (C=O) groups excluding carboxylic acids is 1. The van der Waals surface area contributed by atoms with Crippen LogP contribution in [0.1, 0.15) is 61.2 Å². The van der Waals surface area contributed by atoms with E-state index in [0.29, 0.717) is 17.3 Å². The van der Waals surface area contributed by atoms with Crippen molar-refractivity contribution in [3.8, 4) is 0 Å². The smallest absolute Gasteiger partial charge is 0.293 e. The van der Waals surface area contributed by atoms with Crippen LogP contribution >= 0.6 is 0 Å². The van der Waals surface area contributed by atoms with Gasteiger partial charge in [0.05, 0.1) is 24.1 Å². The first-order chi connectivity index (χ1) is 12.0. The number of nitrogens with one attached hydrogen (secondary N) is 1. The van der Waals surface area contributed by atoms with E-state index >= 15 is 0 Å². The summed E-state index contributed by atoms with van der Waals surface area (Å²) in [5.41, 5.74) is 1.28. The van der Waals surface area contributed by atoms with Gasteiger partial charge >= 0.3 is 0 Å². The molecule has 1 fully saturated rings. The molecule has 7 heteroatoms. The van der Waals surface area contributed by atoms with Gasteiger partial charge in [0.25, 0.3) is 5.91 Å². The lowest BCUT2D eigenvalue weighted by Gasteiger charge is -2.26. The zero-order valence-corrected chi connectivity index (χ0v) is 15.3. The number of amides is 1. The Morgan fingerprint density at radius 1 is 1.28 bits per heavy atom. The third-order valence-corrected chi connectivity index (χ3v) is 4.50. The van der Waals surface area contributed by atoms with E-state index in [1.165, 1.54) is 32.4 Å². The van der Waals surface area contributed by atoms with E-state index in [1.807, 2.05) is 24.7 Å². The molecular formula is C18H27N5O2. The maximum Gasteiger partial charge on any atom is 0.293 e. The molecule has 3 heterocycles. The van der Waals surface area contributed by atoms with Crippen molar-refractivity contribution in [1.29, 1.82) is 0 Å². The molecule has 1 saturated heterocycles. The van der Waals surface area contributed by atoms with Crippen molar-refractivity contribution >= 4 is 11.6 Å². The van der Waals surface area contributed by atoms with Crippen LogP contribution in [0.25, 0.3) is 0 Å². The molecular weight excluding hydrogens is 318 g/mol. The fourth-order valence-corrected chi connectivity index (χ4v) is 3.04. The molecule has 0 spiro atoms. The minimum Gasteiger partial charge on any atom is -0.435 e. The van der Waals surface area contributed by atoms with E-state index in [2.05, 4.69) is 20.3 Å². The van der Waals surface area contributed by atoms with Gasteiger partial charge in [0.15, 0.2) is 5.89 Å². The summed E-state index contributed by atoms with van der Waals surface area (Å²) in [4.78, 5) is 19.2. The normalized spacial score (nSPS) is 15.7. The number of anilines is 1. The van der Waals surface area contributed by atoms with Crippen molar-refractivity contribution in [1.82, 2.24) is 19.7 Å². The summed E-state index contributed by atoms with van der Waals surface area (Å²) in [7, 11) is 0. The number of likely N-dealkylation sites (tertiary alicyclic amines) is 1. The topological polar surface area (TPSA) is 76.2 Å². The van der Waals surface area contributed by atoms with Crippen molar-refractivity contribution in [2.24, 2.45) is 0 Å². The van der Waals surface area contributed by atoms with Gasteiger partial charge in [0.2, 0.25) is 5.76 Å². The van der Waals surface area contributed by atoms with Crippen LogP contribution in [0, 0.1) is 6.92 Å². The molecule has 1 N–H and O–H groups in total. The summed E-state index contributed by atoms with van der Waals surface area (Å²) < 4.78 is 7.46. The summed E-state index contributed by atoms with van der Waals surface area (Å²) in [6, 6.07) is 0. The lowest BCUT2D eigenvalue weighted by atomic mass is 10.1. The number of hydrogen-bond donors (Lipinski definition) is 1. The number of nitrogens with zero attached hydrogens (tertiary/aromatic N) is 4. The molecule has 3 rings (SSSR count). The maximum atomic E-state index is 12.4. The fourth-order valence-electron chi connectivity index (χ4n) is 3.04. The standard InChI is InChI=1S/C18H27N5O2/c1-13(2)18-20-14(3)16(25-18)17(24)21-15-11-19-23(12-15)10-9-22-7-5-4-6-8-22/h11-13H,4-10H2,1-3H3,(H,21,24). The first-order valence-electron chi connectivity index (χ1n) is 9.06. The molecule has 1 aliphatic rings. The van der Waals surface area contributed by atoms with E-state index in [4.69, 9.17) is 4.42 Å². The highest BCUT2D eigenvalue weighted by Crippen LogP contribution is 2.19. The molecule has 1 amide bonds. The van der Waals surface area contributed by atoms with Crippen molar-refractivity contribution in [3.05, 3.63) is 29.7 Å². The number of carbonyl (C=O) groups is 1. The Morgan fingerprint density at radius 3 is 2.72 bits per heavy atom. The third-order valence-electron chi connectivity index (χ3n) is 4.50. The molecule has 0 aliphatic carbocycles. The molecule has 0 unspecified atom stereocenters. The highest BCUT2D eigenvalue weighted by molar-refractivity contribution is 6.02. The highest BCUT2D eigenvalue weighted by atomic mass is 16.4. The fraction of sp³-hybridized carbons (Fsp3) is 0.611. The lowest BCUT2D eigenvalue weighted by Crippen LogP contribution is -2.32. The average molecular weight is 345 g/mol. The Bertz CT molecular complexity index is 713. The van der Waals surface area contributed by atoms with Crippen LogP contribution in [0.5, 0.6) is 0 Å². The SMILES string of the molecule is Cc1nc(C(C)C)oc1C(=O)Nc1cnn(CCN2CCCCC2)c1. The Balaban J connectivity index is 1.56. The van der Waals surface area contributed by atoms with E-state index in [1.54, 1.807) is 13.1 Å². The molecule has 25 heavy (non-hydrogen) atoms. The number of aryl methyl sites for hydroxylation is 1.